The Morgan fingerprint density at radius 1 is 1.35 bits per heavy atom. The molecule has 0 radical (unpaired) electrons. The molecule has 1 aromatic heterocycles. The SMILES string of the molecule is Cc1nn(-c2c(F)cccc2[N+](=O)[O-])cc1CN1CCC2(CC1)OCC(F)(F)C1C=C(Cl)SC12. The molecule has 0 N–H and O–H groups in total. The maximum atomic E-state index is 14.4. The van der Waals surface area contributed by atoms with Crippen molar-refractivity contribution in [1.29, 1.82) is 0 Å². The van der Waals surface area contributed by atoms with Gasteiger partial charge in [-0.25, -0.2) is 17.9 Å². The van der Waals surface area contributed by atoms with Gasteiger partial charge in [-0.15, -0.1) is 11.8 Å². The standard InChI is InChI=1S/C22H22ClF3N4O3S/c1-13-14(11-29(27-13)19-16(24)3-2-4-17(19)30(31)32)10-28-7-5-21(6-8-28)20-15(9-18(23)34-20)22(25,26)12-33-21/h2-4,9,11,15,20H,5-8,10,12H2,1H3. The Kier molecular flexibility index (Phi) is 5.94. The minimum Gasteiger partial charge on any atom is -0.367 e. The second-order valence-corrected chi connectivity index (χ2v) is 10.8. The fourth-order valence-corrected chi connectivity index (χ4v) is 6.90. The van der Waals surface area contributed by atoms with E-state index in [1.165, 1.54) is 34.7 Å². The number of hydrogen-bond acceptors (Lipinski definition) is 6. The van der Waals surface area contributed by atoms with Gasteiger partial charge in [-0.1, -0.05) is 17.7 Å². The number of piperidine rings is 1. The average Bonchev–Trinajstić information content (AvgIpc) is 3.36. The zero-order valence-electron chi connectivity index (χ0n) is 18.2. The molecule has 2 atom stereocenters. The predicted octanol–water partition coefficient (Wildman–Crippen LogP) is 5.04. The van der Waals surface area contributed by atoms with E-state index in [2.05, 4.69) is 10.00 Å². The normalized spacial score (nSPS) is 25.9. The third-order valence-electron chi connectivity index (χ3n) is 6.92. The van der Waals surface area contributed by atoms with Gasteiger partial charge >= 0.3 is 0 Å². The van der Waals surface area contributed by atoms with Crippen LogP contribution in [0.15, 0.2) is 34.8 Å². The van der Waals surface area contributed by atoms with Crippen LogP contribution in [-0.2, 0) is 11.3 Å². The van der Waals surface area contributed by atoms with Crippen LogP contribution in [0.5, 0.6) is 0 Å². The van der Waals surface area contributed by atoms with Gasteiger partial charge in [-0.2, -0.15) is 5.10 Å². The van der Waals surface area contributed by atoms with E-state index in [4.69, 9.17) is 16.3 Å². The Bertz CT molecular complexity index is 1170. The van der Waals surface area contributed by atoms with Crippen molar-refractivity contribution in [3.8, 4) is 5.69 Å². The second-order valence-electron chi connectivity index (χ2n) is 8.97. The van der Waals surface area contributed by atoms with E-state index in [1.807, 2.05) is 0 Å². The molecule has 4 heterocycles. The van der Waals surface area contributed by atoms with Gasteiger partial charge in [-0.05, 0) is 31.9 Å². The molecule has 2 unspecified atom stereocenters. The van der Waals surface area contributed by atoms with Crippen LogP contribution in [0.3, 0.4) is 0 Å². The van der Waals surface area contributed by atoms with Crippen LogP contribution in [0.1, 0.15) is 24.1 Å². The number of fused-ring (bicyclic) bond motifs is 2. The number of aryl methyl sites for hydroxylation is 1. The topological polar surface area (TPSA) is 73.4 Å². The Morgan fingerprint density at radius 3 is 2.79 bits per heavy atom. The molecule has 3 aliphatic rings. The third kappa shape index (κ3) is 4.02. The van der Waals surface area contributed by atoms with E-state index < -0.39 is 40.0 Å². The summed E-state index contributed by atoms with van der Waals surface area (Å²) in [5.41, 5.74) is 0.213. The smallest absolute Gasteiger partial charge is 0.297 e. The van der Waals surface area contributed by atoms with Crippen LogP contribution in [0.2, 0.25) is 0 Å². The highest BCUT2D eigenvalue weighted by Gasteiger charge is 2.60. The molecule has 2 aromatic rings. The molecule has 7 nitrogen and oxygen atoms in total. The van der Waals surface area contributed by atoms with Gasteiger partial charge in [-0.3, -0.25) is 15.0 Å². The van der Waals surface area contributed by atoms with Crippen molar-refractivity contribution < 1.29 is 22.8 Å². The Hall–Kier alpha value is -2.08. The summed E-state index contributed by atoms with van der Waals surface area (Å²) in [6, 6.07) is 3.69. The van der Waals surface area contributed by atoms with Crippen molar-refractivity contribution in [2.45, 2.75) is 43.1 Å². The predicted molar refractivity (Wildman–Crippen MR) is 122 cm³/mol. The molecule has 34 heavy (non-hydrogen) atoms. The molecule has 2 saturated heterocycles. The van der Waals surface area contributed by atoms with Crippen molar-refractivity contribution >= 4 is 29.1 Å². The summed E-state index contributed by atoms with van der Waals surface area (Å²) >= 11 is 7.38. The summed E-state index contributed by atoms with van der Waals surface area (Å²) < 4.78 is 50.6. The van der Waals surface area contributed by atoms with E-state index in [9.17, 15) is 23.3 Å². The molecule has 12 heteroatoms. The fraction of sp³-hybridized carbons (Fsp3) is 0.500. The lowest BCUT2D eigenvalue weighted by Gasteiger charge is -2.51. The first kappa shape index (κ1) is 23.7. The summed E-state index contributed by atoms with van der Waals surface area (Å²) in [7, 11) is 0. The zero-order chi connectivity index (χ0) is 24.3. The number of para-hydroxylation sites is 1. The largest absolute Gasteiger partial charge is 0.367 e. The number of alkyl halides is 2. The van der Waals surface area contributed by atoms with Crippen LogP contribution in [-0.4, -0.2) is 56.1 Å². The van der Waals surface area contributed by atoms with E-state index in [0.717, 1.165) is 11.6 Å². The minimum absolute atomic E-state index is 0.204. The number of ether oxygens (including phenoxy) is 1. The van der Waals surface area contributed by atoms with Crippen molar-refractivity contribution in [3.05, 3.63) is 62.0 Å². The van der Waals surface area contributed by atoms with Crippen molar-refractivity contribution in [3.63, 3.8) is 0 Å². The van der Waals surface area contributed by atoms with E-state index in [0.29, 0.717) is 42.5 Å². The maximum absolute atomic E-state index is 14.4. The molecule has 1 spiro atoms. The minimum atomic E-state index is -2.93. The van der Waals surface area contributed by atoms with Crippen LogP contribution in [0, 0.1) is 28.8 Å². The lowest BCUT2D eigenvalue weighted by Crippen LogP contribution is -2.61. The van der Waals surface area contributed by atoms with E-state index in [1.54, 1.807) is 13.1 Å². The van der Waals surface area contributed by atoms with Gasteiger partial charge in [0.1, 0.15) is 6.61 Å². The Balaban J connectivity index is 1.31. The number of allylic oxidation sites excluding steroid dienone is 1. The zero-order valence-corrected chi connectivity index (χ0v) is 19.8. The van der Waals surface area contributed by atoms with Crippen molar-refractivity contribution in [2.24, 2.45) is 5.92 Å². The highest BCUT2D eigenvalue weighted by molar-refractivity contribution is 8.05. The molecule has 182 valence electrons. The third-order valence-corrected chi connectivity index (χ3v) is 8.65. The lowest BCUT2D eigenvalue weighted by atomic mass is 9.77. The summed E-state index contributed by atoms with van der Waals surface area (Å²) in [6.07, 6.45) is 4.24. The van der Waals surface area contributed by atoms with Crippen LogP contribution < -0.4 is 0 Å². The Labute approximate surface area is 203 Å². The summed E-state index contributed by atoms with van der Waals surface area (Å²) in [5, 5.41) is 15.3. The number of aromatic nitrogens is 2. The van der Waals surface area contributed by atoms with E-state index >= 15 is 0 Å². The first-order valence-corrected chi connectivity index (χ1v) is 12.1. The van der Waals surface area contributed by atoms with Crippen LogP contribution in [0.25, 0.3) is 5.69 Å². The molecule has 0 saturated carbocycles. The van der Waals surface area contributed by atoms with Crippen LogP contribution >= 0.6 is 23.4 Å². The van der Waals surface area contributed by atoms with Gasteiger partial charge in [0, 0.05) is 37.5 Å². The summed E-state index contributed by atoms with van der Waals surface area (Å²) in [5.74, 6) is -4.59. The molecule has 0 bridgehead atoms. The molecular weight excluding hydrogens is 493 g/mol. The molecule has 1 aromatic carbocycles. The van der Waals surface area contributed by atoms with Crippen molar-refractivity contribution in [1.82, 2.24) is 14.7 Å². The highest BCUT2D eigenvalue weighted by Crippen LogP contribution is 2.56. The number of hydrogen-bond donors (Lipinski definition) is 0. The van der Waals surface area contributed by atoms with Gasteiger partial charge in [0.25, 0.3) is 11.6 Å². The number of nitro groups is 1. The first-order valence-electron chi connectivity index (χ1n) is 10.9. The average molecular weight is 515 g/mol. The summed E-state index contributed by atoms with van der Waals surface area (Å²) in [6.45, 7) is 2.90. The molecular formula is C22H22ClF3N4O3S. The van der Waals surface area contributed by atoms with Crippen LogP contribution in [0.4, 0.5) is 18.9 Å². The van der Waals surface area contributed by atoms with Gasteiger partial charge in [0.15, 0.2) is 11.5 Å². The number of nitrogens with zero attached hydrogens (tertiary/aromatic N) is 4. The molecule has 0 amide bonds. The maximum Gasteiger partial charge on any atom is 0.297 e. The van der Waals surface area contributed by atoms with E-state index in [-0.39, 0.29) is 11.4 Å². The molecule has 5 rings (SSSR count). The van der Waals surface area contributed by atoms with Gasteiger partial charge < -0.3 is 4.74 Å². The molecule has 0 aliphatic carbocycles. The number of nitro benzene ring substituents is 1. The Morgan fingerprint density at radius 2 is 2.09 bits per heavy atom. The second kappa shape index (κ2) is 8.54. The first-order chi connectivity index (χ1) is 16.1. The van der Waals surface area contributed by atoms with Gasteiger partial charge in [0.05, 0.1) is 31.8 Å². The molecule has 2 fully saturated rings. The van der Waals surface area contributed by atoms with Gasteiger partial charge in [0.2, 0.25) is 0 Å². The van der Waals surface area contributed by atoms with Crippen molar-refractivity contribution in [2.75, 3.05) is 19.7 Å². The number of benzene rings is 1. The number of rotatable bonds is 4. The number of likely N-dealkylation sites (tertiary alicyclic amines) is 1. The monoisotopic (exact) mass is 514 g/mol. The number of halogens is 4. The fourth-order valence-electron chi connectivity index (χ4n) is 5.06. The lowest BCUT2D eigenvalue weighted by molar-refractivity contribution is -0.384. The highest BCUT2D eigenvalue weighted by atomic mass is 35.5. The number of thioether (sulfide) groups is 1. The quantitative estimate of drug-likeness (QED) is 0.420. The molecule has 3 aliphatic heterocycles. The summed E-state index contributed by atoms with van der Waals surface area (Å²) in [4.78, 5) is 12.9.